The van der Waals surface area contributed by atoms with Gasteiger partial charge in [0.15, 0.2) is 0 Å². The van der Waals surface area contributed by atoms with Crippen molar-refractivity contribution in [2.24, 2.45) is 11.5 Å². The highest BCUT2D eigenvalue weighted by molar-refractivity contribution is 5.70. The van der Waals surface area contributed by atoms with E-state index in [9.17, 15) is 17.6 Å². The summed E-state index contributed by atoms with van der Waals surface area (Å²) in [4.78, 5) is 0. The molecule has 6 N–H and O–H groups in total. The Morgan fingerprint density at radius 1 is 1.22 bits per heavy atom. The summed E-state index contributed by atoms with van der Waals surface area (Å²) in [5.41, 5.74) is 13.6. The lowest BCUT2D eigenvalue weighted by Gasteiger charge is -2.14. The fourth-order valence-electron chi connectivity index (χ4n) is 1.31. The Morgan fingerprint density at radius 3 is 2.33 bits per heavy atom. The van der Waals surface area contributed by atoms with Crippen molar-refractivity contribution in [1.29, 1.82) is 0 Å². The number of alkyl halides is 3. The summed E-state index contributed by atoms with van der Waals surface area (Å²) in [5, 5.41) is 0. The van der Waals surface area contributed by atoms with Gasteiger partial charge < -0.3 is 17.2 Å². The number of nitrogen functional groups attached to an aromatic ring is 1. The Morgan fingerprint density at radius 2 is 1.83 bits per heavy atom. The van der Waals surface area contributed by atoms with E-state index in [0.29, 0.717) is 6.07 Å². The van der Waals surface area contributed by atoms with Gasteiger partial charge in [0.05, 0.1) is 11.3 Å². The lowest BCUT2D eigenvalue weighted by atomic mass is 10.0. The van der Waals surface area contributed by atoms with Gasteiger partial charge >= 0.3 is 6.18 Å². The molecule has 0 aliphatic carbocycles. The molecule has 0 saturated heterocycles. The third-order valence-electron chi connectivity index (χ3n) is 2.14. The number of hydrogen-bond acceptors (Lipinski definition) is 3. The van der Waals surface area contributed by atoms with Gasteiger partial charge in [0.2, 0.25) is 0 Å². The Balaban J connectivity index is 3.46. The van der Waals surface area contributed by atoms with Gasteiger partial charge in [-0.05, 0) is 30.5 Å². The molecule has 0 saturated carbocycles. The van der Waals surface area contributed by atoms with E-state index in [4.69, 9.17) is 17.2 Å². The molecule has 0 bridgehead atoms. The second-order valence-electron chi connectivity index (χ2n) is 3.42. The highest BCUT2D eigenvalue weighted by Gasteiger charge is 2.34. The molecular weight excluding hydrogens is 250 g/mol. The van der Waals surface area contributed by atoms with Gasteiger partial charge in [-0.25, -0.2) is 4.39 Å². The SMILES string of the molecule is N/C=C\C=C(/N)c1cc(N)c(F)cc1C(F)(F)F. The van der Waals surface area contributed by atoms with Crippen molar-refractivity contribution in [3.63, 3.8) is 0 Å². The van der Waals surface area contributed by atoms with E-state index in [2.05, 4.69) is 0 Å². The molecule has 0 radical (unpaired) electrons. The number of nitrogens with two attached hydrogens (primary N) is 3. The summed E-state index contributed by atoms with van der Waals surface area (Å²) >= 11 is 0. The van der Waals surface area contributed by atoms with Crippen LogP contribution in [-0.2, 0) is 6.18 Å². The number of halogens is 4. The van der Waals surface area contributed by atoms with Crippen LogP contribution in [-0.4, -0.2) is 0 Å². The quantitative estimate of drug-likeness (QED) is 0.434. The Hall–Kier alpha value is -2.18. The monoisotopic (exact) mass is 261 g/mol. The molecule has 0 spiro atoms. The molecule has 98 valence electrons. The van der Waals surface area contributed by atoms with Crippen LogP contribution in [0.4, 0.5) is 23.2 Å². The molecule has 1 aromatic carbocycles. The van der Waals surface area contributed by atoms with Crippen LogP contribution in [0.3, 0.4) is 0 Å². The molecule has 0 fully saturated rings. The zero-order valence-electron chi connectivity index (χ0n) is 9.13. The molecule has 1 aromatic rings. The van der Waals surface area contributed by atoms with Gasteiger partial charge in [-0.1, -0.05) is 0 Å². The Kier molecular flexibility index (Phi) is 3.85. The van der Waals surface area contributed by atoms with Crippen LogP contribution >= 0.6 is 0 Å². The minimum atomic E-state index is -4.73. The molecule has 0 aromatic heterocycles. The van der Waals surface area contributed by atoms with Gasteiger partial charge in [0, 0.05) is 11.3 Å². The largest absolute Gasteiger partial charge is 0.417 e. The van der Waals surface area contributed by atoms with Crippen molar-refractivity contribution in [3.05, 3.63) is 47.4 Å². The smallest absolute Gasteiger partial charge is 0.405 e. The first-order chi connectivity index (χ1) is 8.27. The summed E-state index contributed by atoms with van der Waals surface area (Å²) in [6, 6.07) is 1.16. The maximum Gasteiger partial charge on any atom is 0.417 e. The predicted octanol–water partition coefficient (Wildman–Crippen LogP) is 2.20. The molecule has 0 unspecified atom stereocenters. The number of anilines is 1. The third-order valence-corrected chi connectivity index (χ3v) is 2.14. The Bertz CT molecular complexity index is 504. The number of rotatable bonds is 2. The molecular formula is C11H11F4N3. The lowest BCUT2D eigenvalue weighted by molar-refractivity contribution is -0.137. The molecule has 0 atom stereocenters. The van der Waals surface area contributed by atoms with Crippen LogP contribution in [0, 0.1) is 5.82 Å². The molecule has 3 nitrogen and oxygen atoms in total. The van der Waals surface area contributed by atoms with E-state index in [1.807, 2.05) is 0 Å². The summed E-state index contributed by atoms with van der Waals surface area (Å²) < 4.78 is 51.2. The van der Waals surface area contributed by atoms with Crippen molar-refractivity contribution >= 4 is 11.4 Å². The molecule has 1 rings (SSSR count). The molecule has 18 heavy (non-hydrogen) atoms. The zero-order valence-corrected chi connectivity index (χ0v) is 9.13. The summed E-state index contributed by atoms with van der Waals surface area (Å²) in [5.74, 6) is -1.15. The van der Waals surface area contributed by atoms with E-state index in [-0.39, 0.29) is 11.3 Å². The molecule has 7 heteroatoms. The zero-order chi connectivity index (χ0) is 13.9. The molecule has 0 amide bonds. The standard InChI is InChI=1S/C11H11F4N3/c12-8-5-7(11(13,14)15)6(4-10(8)18)9(17)2-1-3-16/h1-5H,16-18H2/b3-1-,9-2-. The van der Waals surface area contributed by atoms with Crippen molar-refractivity contribution in [3.8, 4) is 0 Å². The average molecular weight is 261 g/mol. The number of benzene rings is 1. The van der Waals surface area contributed by atoms with Gasteiger partial charge in [-0.2, -0.15) is 13.2 Å². The average Bonchev–Trinajstić information content (AvgIpc) is 2.27. The first kappa shape index (κ1) is 13.9. The maximum atomic E-state index is 13.1. The van der Waals surface area contributed by atoms with Gasteiger partial charge in [-0.15, -0.1) is 0 Å². The van der Waals surface area contributed by atoms with Gasteiger partial charge in [0.1, 0.15) is 5.82 Å². The van der Waals surface area contributed by atoms with Gasteiger partial charge in [-0.3, -0.25) is 0 Å². The van der Waals surface area contributed by atoms with E-state index in [0.717, 1.165) is 12.3 Å². The first-order valence-corrected chi connectivity index (χ1v) is 4.78. The molecule has 0 aliphatic heterocycles. The van der Waals surface area contributed by atoms with Crippen LogP contribution in [0.5, 0.6) is 0 Å². The predicted molar refractivity (Wildman–Crippen MR) is 61.3 cm³/mol. The minimum Gasteiger partial charge on any atom is -0.405 e. The van der Waals surface area contributed by atoms with E-state index in [1.165, 1.54) is 12.2 Å². The molecule has 0 aliphatic rings. The van der Waals surface area contributed by atoms with Crippen LogP contribution < -0.4 is 17.2 Å². The minimum absolute atomic E-state index is 0.212. The molecule has 0 heterocycles. The van der Waals surface area contributed by atoms with Crippen LogP contribution in [0.15, 0.2) is 30.5 Å². The number of allylic oxidation sites excluding steroid dienone is 2. The van der Waals surface area contributed by atoms with Crippen LogP contribution in [0.25, 0.3) is 5.70 Å². The van der Waals surface area contributed by atoms with E-state index >= 15 is 0 Å². The van der Waals surface area contributed by atoms with Crippen molar-refractivity contribution in [2.75, 3.05) is 5.73 Å². The summed E-state index contributed by atoms with van der Waals surface area (Å²) in [6.45, 7) is 0. The van der Waals surface area contributed by atoms with Crippen molar-refractivity contribution < 1.29 is 17.6 Å². The second-order valence-corrected chi connectivity index (χ2v) is 3.42. The van der Waals surface area contributed by atoms with Crippen molar-refractivity contribution in [2.45, 2.75) is 6.18 Å². The van der Waals surface area contributed by atoms with E-state index < -0.39 is 23.2 Å². The first-order valence-electron chi connectivity index (χ1n) is 4.78. The van der Waals surface area contributed by atoms with Crippen LogP contribution in [0.2, 0.25) is 0 Å². The topological polar surface area (TPSA) is 78.1 Å². The van der Waals surface area contributed by atoms with Crippen molar-refractivity contribution in [1.82, 2.24) is 0 Å². The van der Waals surface area contributed by atoms with Gasteiger partial charge in [0.25, 0.3) is 0 Å². The highest BCUT2D eigenvalue weighted by atomic mass is 19.4. The Labute approximate surface area is 101 Å². The summed E-state index contributed by atoms with van der Waals surface area (Å²) in [6.07, 6.45) is -1.20. The fourth-order valence-corrected chi connectivity index (χ4v) is 1.31. The highest BCUT2D eigenvalue weighted by Crippen LogP contribution is 2.36. The van der Waals surface area contributed by atoms with Crippen LogP contribution in [0.1, 0.15) is 11.1 Å². The second kappa shape index (κ2) is 4.99. The number of hydrogen-bond donors (Lipinski definition) is 3. The summed E-state index contributed by atoms with van der Waals surface area (Å²) in [7, 11) is 0. The maximum absolute atomic E-state index is 13.1. The normalized spacial score (nSPS) is 13.2. The lowest BCUT2D eigenvalue weighted by Crippen LogP contribution is -2.13. The third kappa shape index (κ3) is 2.93. The van der Waals surface area contributed by atoms with E-state index in [1.54, 1.807) is 0 Å². The fraction of sp³-hybridized carbons (Fsp3) is 0.0909.